The monoisotopic (exact) mass is 199 g/mol. The van der Waals surface area contributed by atoms with E-state index in [4.69, 9.17) is 5.11 Å². The fraction of sp³-hybridized carbons (Fsp3) is 0.727. The third kappa shape index (κ3) is 6.66. The van der Waals surface area contributed by atoms with Gasteiger partial charge in [-0.15, -0.1) is 0 Å². The van der Waals surface area contributed by atoms with Gasteiger partial charge in [-0.25, -0.2) is 0 Å². The van der Waals surface area contributed by atoms with Crippen LogP contribution >= 0.6 is 0 Å². The van der Waals surface area contributed by atoms with Crippen molar-refractivity contribution in [3.05, 3.63) is 11.6 Å². The average Bonchev–Trinajstić information content (AvgIpc) is 2.09. The van der Waals surface area contributed by atoms with E-state index in [0.29, 0.717) is 13.0 Å². The lowest BCUT2D eigenvalue weighted by molar-refractivity contribution is -0.139. The van der Waals surface area contributed by atoms with Crippen LogP contribution in [0.2, 0.25) is 0 Å². The van der Waals surface area contributed by atoms with Gasteiger partial charge in [-0.05, 0) is 20.3 Å². The van der Waals surface area contributed by atoms with Crippen LogP contribution in [-0.2, 0) is 4.79 Å². The zero-order chi connectivity index (χ0) is 11.0. The van der Waals surface area contributed by atoms with Crippen molar-refractivity contribution >= 4 is 5.97 Å². The SMILES string of the molecule is CCCCC(NCC=C(C)C)C(=O)O. The highest BCUT2D eigenvalue weighted by Gasteiger charge is 2.14. The van der Waals surface area contributed by atoms with Crippen LogP contribution in [0.25, 0.3) is 0 Å². The second-order valence-electron chi connectivity index (χ2n) is 3.72. The Labute approximate surface area is 86.2 Å². The number of hydrogen-bond donors (Lipinski definition) is 2. The lowest BCUT2D eigenvalue weighted by atomic mass is 10.1. The van der Waals surface area contributed by atoms with Crippen LogP contribution in [-0.4, -0.2) is 23.7 Å². The van der Waals surface area contributed by atoms with Crippen LogP contribution in [0.5, 0.6) is 0 Å². The predicted octanol–water partition coefficient (Wildman–Crippen LogP) is 2.19. The molecule has 0 aliphatic carbocycles. The summed E-state index contributed by atoms with van der Waals surface area (Å²) < 4.78 is 0. The molecular weight excluding hydrogens is 178 g/mol. The number of unbranched alkanes of at least 4 members (excludes halogenated alkanes) is 1. The van der Waals surface area contributed by atoms with Gasteiger partial charge >= 0.3 is 5.97 Å². The Morgan fingerprint density at radius 3 is 2.57 bits per heavy atom. The molecule has 82 valence electrons. The largest absolute Gasteiger partial charge is 0.480 e. The number of carboxylic acids is 1. The summed E-state index contributed by atoms with van der Waals surface area (Å²) in [6.07, 6.45) is 4.71. The van der Waals surface area contributed by atoms with E-state index in [0.717, 1.165) is 12.8 Å². The molecule has 0 saturated heterocycles. The molecule has 0 heterocycles. The molecule has 0 rings (SSSR count). The first-order valence-electron chi connectivity index (χ1n) is 5.17. The fourth-order valence-corrected chi connectivity index (χ4v) is 1.13. The van der Waals surface area contributed by atoms with Crippen LogP contribution in [0.3, 0.4) is 0 Å². The summed E-state index contributed by atoms with van der Waals surface area (Å²) in [5, 5.41) is 11.9. The van der Waals surface area contributed by atoms with Crippen molar-refractivity contribution in [3.8, 4) is 0 Å². The highest BCUT2D eigenvalue weighted by molar-refractivity contribution is 5.73. The van der Waals surface area contributed by atoms with Gasteiger partial charge in [0.2, 0.25) is 0 Å². The molecule has 0 saturated carbocycles. The van der Waals surface area contributed by atoms with E-state index < -0.39 is 12.0 Å². The molecule has 3 nitrogen and oxygen atoms in total. The van der Waals surface area contributed by atoms with E-state index >= 15 is 0 Å². The Morgan fingerprint density at radius 2 is 2.14 bits per heavy atom. The molecular formula is C11H21NO2. The lowest BCUT2D eigenvalue weighted by Crippen LogP contribution is -2.36. The standard InChI is InChI=1S/C11H21NO2/c1-4-5-6-10(11(13)14)12-8-7-9(2)3/h7,10,12H,4-6,8H2,1-3H3,(H,13,14). The van der Waals surface area contributed by atoms with Crippen molar-refractivity contribution in [2.45, 2.75) is 46.1 Å². The molecule has 0 aromatic rings. The van der Waals surface area contributed by atoms with Crippen molar-refractivity contribution in [2.24, 2.45) is 0 Å². The molecule has 0 aromatic carbocycles. The summed E-state index contributed by atoms with van der Waals surface area (Å²) in [7, 11) is 0. The van der Waals surface area contributed by atoms with Gasteiger partial charge in [-0.2, -0.15) is 0 Å². The Balaban J connectivity index is 3.85. The van der Waals surface area contributed by atoms with E-state index in [-0.39, 0.29) is 0 Å². The summed E-state index contributed by atoms with van der Waals surface area (Å²) in [4.78, 5) is 10.8. The maximum absolute atomic E-state index is 10.8. The molecule has 0 aliphatic rings. The third-order valence-electron chi connectivity index (χ3n) is 2.02. The number of rotatable bonds is 7. The smallest absolute Gasteiger partial charge is 0.320 e. The normalized spacial score (nSPS) is 12.2. The number of nitrogens with one attached hydrogen (secondary N) is 1. The van der Waals surface area contributed by atoms with Gasteiger partial charge in [0.15, 0.2) is 0 Å². The highest BCUT2D eigenvalue weighted by Crippen LogP contribution is 2.00. The van der Waals surface area contributed by atoms with Crippen LogP contribution < -0.4 is 5.32 Å². The molecule has 14 heavy (non-hydrogen) atoms. The molecule has 0 aliphatic heterocycles. The molecule has 0 aromatic heterocycles. The van der Waals surface area contributed by atoms with E-state index in [2.05, 4.69) is 12.2 Å². The zero-order valence-electron chi connectivity index (χ0n) is 9.34. The van der Waals surface area contributed by atoms with E-state index in [1.807, 2.05) is 19.9 Å². The number of allylic oxidation sites excluding steroid dienone is 1. The van der Waals surface area contributed by atoms with Crippen molar-refractivity contribution in [1.82, 2.24) is 5.32 Å². The Kier molecular flexibility index (Phi) is 7.11. The summed E-state index contributed by atoms with van der Waals surface area (Å²) in [6, 6.07) is -0.398. The van der Waals surface area contributed by atoms with Crippen molar-refractivity contribution in [2.75, 3.05) is 6.54 Å². The van der Waals surface area contributed by atoms with Gasteiger partial charge in [-0.1, -0.05) is 31.4 Å². The maximum Gasteiger partial charge on any atom is 0.320 e. The van der Waals surface area contributed by atoms with Gasteiger partial charge < -0.3 is 10.4 Å². The van der Waals surface area contributed by atoms with E-state index in [1.54, 1.807) is 0 Å². The maximum atomic E-state index is 10.8. The van der Waals surface area contributed by atoms with Crippen LogP contribution in [0.4, 0.5) is 0 Å². The summed E-state index contributed by atoms with van der Waals surface area (Å²) in [6.45, 7) is 6.71. The quantitative estimate of drug-likeness (QED) is 0.618. The molecule has 3 heteroatoms. The molecule has 1 atom stereocenters. The predicted molar refractivity (Wildman–Crippen MR) is 58.4 cm³/mol. The van der Waals surface area contributed by atoms with Gasteiger partial charge in [0.1, 0.15) is 6.04 Å². The number of aliphatic carboxylic acids is 1. The minimum atomic E-state index is -0.749. The van der Waals surface area contributed by atoms with Crippen LogP contribution in [0.15, 0.2) is 11.6 Å². The number of hydrogen-bond acceptors (Lipinski definition) is 2. The van der Waals surface area contributed by atoms with E-state index in [9.17, 15) is 4.79 Å². The molecule has 0 spiro atoms. The minimum absolute atomic E-state index is 0.398. The third-order valence-corrected chi connectivity index (χ3v) is 2.02. The summed E-state index contributed by atoms with van der Waals surface area (Å²) in [5.41, 5.74) is 1.21. The lowest BCUT2D eigenvalue weighted by Gasteiger charge is -2.12. The Hall–Kier alpha value is -0.830. The first-order chi connectivity index (χ1) is 6.57. The number of carboxylic acid groups (broad SMARTS) is 1. The molecule has 2 N–H and O–H groups in total. The molecule has 0 amide bonds. The Morgan fingerprint density at radius 1 is 1.50 bits per heavy atom. The van der Waals surface area contributed by atoms with Crippen LogP contribution in [0.1, 0.15) is 40.0 Å². The van der Waals surface area contributed by atoms with Gasteiger partial charge in [0.05, 0.1) is 0 Å². The van der Waals surface area contributed by atoms with Gasteiger partial charge in [0, 0.05) is 6.54 Å². The second-order valence-corrected chi connectivity index (χ2v) is 3.72. The first kappa shape index (κ1) is 13.2. The van der Waals surface area contributed by atoms with Crippen LogP contribution in [0, 0.1) is 0 Å². The topological polar surface area (TPSA) is 49.3 Å². The Bertz CT molecular complexity index is 195. The second kappa shape index (κ2) is 7.56. The molecule has 0 bridgehead atoms. The number of carbonyl (C=O) groups is 1. The van der Waals surface area contributed by atoms with Gasteiger partial charge in [-0.3, -0.25) is 4.79 Å². The van der Waals surface area contributed by atoms with Crippen molar-refractivity contribution in [1.29, 1.82) is 0 Å². The highest BCUT2D eigenvalue weighted by atomic mass is 16.4. The van der Waals surface area contributed by atoms with E-state index in [1.165, 1.54) is 5.57 Å². The minimum Gasteiger partial charge on any atom is -0.480 e. The molecule has 1 unspecified atom stereocenters. The average molecular weight is 199 g/mol. The molecule has 0 radical (unpaired) electrons. The fourth-order valence-electron chi connectivity index (χ4n) is 1.13. The van der Waals surface area contributed by atoms with Crippen molar-refractivity contribution < 1.29 is 9.90 Å². The summed E-state index contributed by atoms with van der Waals surface area (Å²) >= 11 is 0. The van der Waals surface area contributed by atoms with Gasteiger partial charge in [0.25, 0.3) is 0 Å². The zero-order valence-corrected chi connectivity index (χ0v) is 9.34. The molecule has 0 fully saturated rings. The summed E-state index contributed by atoms with van der Waals surface area (Å²) in [5.74, 6) is -0.749. The van der Waals surface area contributed by atoms with Crippen molar-refractivity contribution in [3.63, 3.8) is 0 Å². The first-order valence-corrected chi connectivity index (χ1v) is 5.17.